The minimum atomic E-state index is -0.0525. The maximum Gasteiger partial charge on any atom is 0.251 e. The SMILES string of the molecule is N#Cc1ccccc1Oc1ccc(C(=O)NC2CC3CCC2N3)cc1. The first-order valence-corrected chi connectivity index (χ1v) is 8.57. The average molecular weight is 333 g/mol. The Bertz CT molecular complexity index is 826. The average Bonchev–Trinajstić information content (AvgIpc) is 3.26. The van der Waals surface area contributed by atoms with Crippen molar-refractivity contribution in [3.05, 3.63) is 59.7 Å². The fraction of sp³-hybridized carbons (Fsp3) is 0.300. The number of amides is 1. The van der Waals surface area contributed by atoms with E-state index in [1.807, 2.05) is 6.07 Å². The molecule has 3 atom stereocenters. The number of rotatable bonds is 4. The van der Waals surface area contributed by atoms with E-state index in [2.05, 4.69) is 16.7 Å². The minimum absolute atomic E-state index is 0.0525. The molecule has 2 aliphatic rings. The number of benzene rings is 2. The number of hydrogen-bond acceptors (Lipinski definition) is 4. The second kappa shape index (κ2) is 6.58. The number of carbonyl (C=O) groups is 1. The molecule has 2 aromatic rings. The molecule has 2 saturated heterocycles. The Balaban J connectivity index is 1.41. The highest BCUT2D eigenvalue weighted by atomic mass is 16.5. The molecule has 0 saturated carbocycles. The Labute approximate surface area is 146 Å². The predicted molar refractivity (Wildman–Crippen MR) is 93.5 cm³/mol. The van der Waals surface area contributed by atoms with Crippen LogP contribution in [0.4, 0.5) is 0 Å². The topological polar surface area (TPSA) is 74.1 Å². The summed E-state index contributed by atoms with van der Waals surface area (Å²) in [6.07, 6.45) is 3.37. The molecule has 2 bridgehead atoms. The van der Waals surface area contributed by atoms with Crippen LogP contribution < -0.4 is 15.4 Å². The second-order valence-corrected chi connectivity index (χ2v) is 6.60. The van der Waals surface area contributed by atoms with Gasteiger partial charge < -0.3 is 15.4 Å². The van der Waals surface area contributed by atoms with Crippen LogP contribution in [-0.2, 0) is 0 Å². The quantitative estimate of drug-likeness (QED) is 0.902. The molecule has 1 amide bonds. The molecule has 2 heterocycles. The molecule has 0 spiro atoms. The molecule has 0 aliphatic carbocycles. The molecule has 2 fully saturated rings. The van der Waals surface area contributed by atoms with E-state index in [1.54, 1.807) is 42.5 Å². The standard InChI is InChI=1S/C20H19N3O2/c21-12-14-3-1-2-4-19(14)25-16-8-5-13(6-9-16)20(24)23-18-11-15-7-10-17(18)22-15/h1-6,8-9,15,17-18,22H,7,10-11H2,(H,23,24). The third kappa shape index (κ3) is 3.21. The van der Waals surface area contributed by atoms with E-state index in [9.17, 15) is 4.79 Å². The summed E-state index contributed by atoms with van der Waals surface area (Å²) in [5, 5.41) is 15.8. The highest BCUT2D eigenvalue weighted by Gasteiger charge is 2.39. The van der Waals surface area contributed by atoms with Crippen molar-refractivity contribution in [2.45, 2.75) is 37.4 Å². The highest BCUT2D eigenvalue weighted by Crippen LogP contribution is 2.29. The van der Waals surface area contributed by atoms with Crippen molar-refractivity contribution in [2.75, 3.05) is 0 Å². The van der Waals surface area contributed by atoms with Gasteiger partial charge in [-0.15, -0.1) is 0 Å². The molecule has 2 aromatic carbocycles. The number of nitrogens with one attached hydrogen (secondary N) is 2. The van der Waals surface area contributed by atoms with Crippen molar-refractivity contribution in [3.63, 3.8) is 0 Å². The molecule has 2 N–H and O–H groups in total. The van der Waals surface area contributed by atoms with Crippen LogP contribution in [0.25, 0.3) is 0 Å². The Kier molecular flexibility index (Phi) is 4.12. The van der Waals surface area contributed by atoms with Gasteiger partial charge in [-0.2, -0.15) is 5.26 Å². The number of para-hydroxylation sites is 1. The van der Waals surface area contributed by atoms with E-state index < -0.39 is 0 Å². The molecule has 0 radical (unpaired) electrons. The van der Waals surface area contributed by atoms with Crippen molar-refractivity contribution in [1.82, 2.24) is 10.6 Å². The van der Waals surface area contributed by atoms with Gasteiger partial charge in [0.05, 0.1) is 5.56 Å². The Morgan fingerprint density at radius 1 is 1.16 bits per heavy atom. The summed E-state index contributed by atoms with van der Waals surface area (Å²) in [4.78, 5) is 12.4. The van der Waals surface area contributed by atoms with E-state index in [0.29, 0.717) is 34.7 Å². The van der Waals surface area contributed by atoms with Crippen LogP contribution in [0.3, 0.4) is 0 Å². The number of hydrogen-bond donors (Lipinski definition) is 2. The van der Waals surface area contributed by atoms with Crippen LogP contribution in [0, 0.1) is 11.3 Å². The summed E-state index contributed by atoms with van der Waals surface area (Å²) in [5.41, 5.74) is 1.09. The number of nitriles is 1. The summed E-state index contributed by atoms with van der Waals surface area (Å²) in [6.45, 7) is 0. The maximum atomic E-state index is 12.4. The van der Waals surface area contributed by atoms with E-state index >= 15 is 0 Å². The van der Waals surface area contributed by atoms with Gasteiger partial charge in [0.25, 0.3) is 5.91 Å². The summed E-state index contributed by atoms with van der Waals surface area (Å²) in [7, 11) is 0. The lowest BCUT2D eigenvalue weighted by atomic mass is 9.95. The van der Waals surface area contributed by atoms with Gasteiger partial charge in [0.2, 0.25) is 0 Å². The third-order valence-electron chi connectivity index (χ3n) is 4.97. The molecule has 126 valence electrons. The largest absolute Gasteiger partial charge is 0.456 e. The zero-order valence-electron chi connectivity index (χ0n) is 13.7. The number of fused-ring (bicyclic) bond motifs is 2. The Hall–Kier alpha value is -2.84. The lowest BCUT2D eigenvalue weighted by Gasteiger charge is -2.21. The maximum absolute atomic E-state index is 12.4. The minimum Gasteiger partial charge on any atom is -0.456 e. The van der Waals surface area contributed by atoms with Crippen LogP contribution >= 0.6 is 0 Å². The first-order chi connectivity index (χ1) is 12.2. The Morgan fingerprint density at radius 3 is 2.64 bits per heavy atom. The van der Waals surface area contributed by atoms with Gasteiger partial charge in [-0.25, -0.2) is 0 Å². The molecular formula is C20H19N3O2. The van der Waals surface area contributed by atoms with Crippen LogP contribution in [0.5, 0.6) is 11.5 Å². The van der Waals surface area contributed by atoms with E-state index in [1.165, 1.54) is 6.42 Å². The van der Waals surface area contributed by atoms with Crippen molar-refractivity contribution < 1.29 is 9.53 Å². The molecule has 3 unspecified atom stereocenters. The van der Waals surface area contributed by atoms with Crippen LogP contribution in [0.2, 0.25) is 0 Å². The molecule has 5 nitrogen and oxygen atoms in total. The van der Waals surface area contributed by atoms with Crippen LogP contribution in [-0.4, -0.2) is 24.0 Å². The molecule has 0 aromatic heterocycles. The van der Waals surface area contributed by atoms with Gasteiger partial charge in [0.1, 0.15) is 17.6 Å². The number of nitrogens with zero attached hydrogens (tertiary/aromatic N) is 1. The van der Waals surface area contributed by atoms with Gasteiger partial charge >= 0.3 is 0 Å². The monoisotopic (exact) mass is 333 g/mol. The molecule has 25 heavy (non-hydrogen) atoms. The zero-order chi connectivity index (χ0) is 17.2. The lowest BCUT2D eigenvalue weighted by Crippen LogP contribution is -2.42. The van der Waals surface area contributed by atoms with Gasteiger partial charge in [-0.1, -0.05) is 12.1 Å². The van der Waals surface area contributed by atoms with Gasteiger partial charge in [0, 0.05) is 23.7 Å². The number of carbonyl (C=O) groups excluding carboxylic acids is 1. The third-order valence-corrected chi connectivity index (χ3v) is 4.97. The number of ether oxygens (including phenoxy) is 1. The van der Waals surface area contributed by atoms with Crippen molar-refractivity contribution in [3.8, 4) is 17.6 Å². The predicted octanol–water partition coefficient (Wildman–Crippen LogP) is 2.97. The molecule has 2 aliphatic heterocycles. The highest BCUT2D eigenvalue weighted by molar-refractivity contribution is 5.94. The fourth-order valence-corrected chi connectivity index (χ4v) is 3.68. The smallest absolute Gasteiger partial charge is 0.251 e. The van der Waals surface area contributed by atoms with E-state index in [4.69, 9.17) is 10.00 Å². The van der Waals surface area contributed by atoms with E-state index in [0.717, 1.165) is 12.8 Å². The fourth-order valence-electron chi connectivity index (χ4n) is 3.68. The second-order valence-electron chi connectivity index (χ2n) is 6.60. The summed E-state index contributed by atoms with van der Waals surface area (Å²) >= 11 is 0. The normalized spacial score (nSPS) is 23.9. The van der Waals surface area contributed by atoms with Crippen molar-refractivity contribution in [1.29, 1.82) is 5.26 Å². The Morgan fingerprint density at radius 2 is 1.96 bits per heavy atom. The lowest BCUT2D eigenvalue weighted by molar-refractivity contribution is 0.0931. The van der Waals surface area contributed by atoms with Crippen molar-refractivity contribution >= 4 is 5.91 Å². The summed E-state index contributed by atoms with van der Waals surface area (Å²) < 4.78 is 5.74. The van der Waals surface area contributed by atoms with Gasteiger partial charge in [0.15, 0.2) is 0 Å². The summed E-state index contributed by atoms with van der Waals surface area (Å²) in [6, 6.07) is 17.4. The first kappa shape index (κ1) is 15.7. The molecule has 4 rings (SSSR count). The molecular weight excluding hydrogens is 314 g/mol. The van der Waals surface area contributed by atoms with Crippen molar-refractivity contribution in [2.24, 2.45) is 0 Å². The van der Waals surface area contributed by atoms with Crippen LogP contribution in [0.15, 0.2) is 48.5 Å². The van der Waals surface area contributed by atoms with Gasteiger partial charge in [-0.3, -0.25) is 4.79 Å². The zero-order valence-corrected chi connectivity index (χ0v) is 13.7. The summed E-state index contributed by atoms with van der Waals surface area (Å²) in [5.74, 6) is 1.06. The van der Waals surface area contributed by atoms with Crippen LogP contribution in [0.1, 0.15) is 35.2 Å². The first-order valence-electron chi connectivity index (χ1n) is 8.57. The van der Waals surface area contributed by atoms with Gasteiger partial charge in [-0.05, 0) is 55.7 Å². The van der Waals surface area contributed by atoms with E-state index in [-0.39, 0.29) is 11.9 Å². The molecule has 5 heteroatoms.